The molecule has 1 N–H and O–H groups in total. The normalized spacial score (nSPS) is 22.1. The third-order valence-corrected chi connectivity index (χ3v) is 9.14. The van der Waals surface area contributed by atoms with Crippen LogP contribution in [-0.4, -0.2) is 66.2 Å². The van der Waals surface area contributed by atoms with Gasteiger partial charge in [0.15, 0.2) is 0 Å². The van der Waals surface area contributed by atoms with Crippen LogP contribution >= 0.6 is 11.6 Å². The van der Waals surface area contributed by atoms with E-state index >= 15 is 0 Å². The second-order valence-electron chi connectivity index (χ2n) is 10.5. The Balaban J connectivity index is 1.53. The zero-order chi connectivity index (χ0) is 28.5. The van der Waals surface area contributed by atoms with Gasteiger partial charge in [0, 0.05) is 53.4 Å². The molecule has 2 aromatic carbocycles. The Labute approximate surface area is 220 Å². The molecular weight excluding hydrogens is 503 g/mol. The molecule has 0 saturated carbocycles. The maximum Gasteiger partial charge on any atom is 0.255 e. The number of hydrogen-bond acceptors (Lipinski definition) is 4. The molecule has 2 aliphatic heterocycles. The third-order valence-electron chi connectivity index (χ3n) is 6.97. The minimum absolute atomic E-state index is 0.0541. The molecule has 0 aliphatic carbocycles. The Hall–Kier alpha value is -2.62. The van der Waals surface area contributed by atoms with Crippen LogP contribution in [0.1, 0.15) is 48.1 Å². The standard InChI is InChI=1S/C26H30ClFN4O3S/c1-26(2,3)30(4)36(34,35)20-11-16-9-10-29-24(16)23(13-20)32-18-6-7-19(32)15-31(14-18)25(33)21-8-5-17(28)12-22(21)27/h5,8-13,18-19,29H,6-7,14-15H2,1-4H3/t18-,19+/i4D3. The monoisotopic (exact) mass is 535 g/mol. The van der Waals surface area contributed by atoms with Crippen molar-refractivity contribution in [1.29, 1.82) is 0 Å². The average Bonchev–Trinajstić information content (AvgIpc) is 3.37. The molecule has 2 saturated heterocycles. The van der Waals surface area contributed by atoms with Crippen molar-refractivity contribution in [2.45, 2.75) is 56.1 Å². The zero-order valence-electron chi connectivity index (χ0n) is 23.3. The van der Waals surface area contributed by atoms with Crippen molar-refractivity contribution in [3.63, 3.8) is 0 Å². The predicted octanol–water partition coefficient (Wildman–Crippen LogP) is 4.87. The van der Waals surface area contributed by atoms with E-state index in [2.05, 4.69) is 9.88 Å². The van der Waals surface area contributed by atoms with E-state index < -0.39 is 28.4 Å². The van der Waals surface area contributed by atoms with Crippen LogP contribution in [-0.2, 0) is 10.0 Å². The average molecular weight is 536 g/mol. The topological polar surface area (TPSA) is 76.7 Å². The van der Waals surface area contributed by atoms with Gasteiger partial charge in [0.1, 0.15) is 5.82 Å². The number of carbonyl (C=O) groups excluding carboxylic acids is 1. The van der Waals surface area contributed by atoms with Crippen molar-refractivity contribution in [2.24, 2.45) is 0 Å². The molecule has 1 aromatic heterocycles. The fourth-order valence-electron chi connectivity index (χ4n) is 5.24. The summed E-state index contributed by atoms with van der Waals surface area (Å²) in [6.45, 7) is 2.54. The summed E-state index contributed by atoms with van der Waals surface area (Å²) < 4.78 is 65.6. The summed E-state index contributed by atoms with van der Waals surface area (Å²) >= 11 is 6.16. The van der Waals surface area contributed by atoms with Crippen LogP contribution < -0.4 is 4.90 Å². The van der Waals surface area contributed by atoms with Gasteiger partial charge in [-0.05, 0) is 70.0 Å². The van der Waals surface area contributed by atoms with Gasteiger partial charge in [0.2, 0.25) is 10.0 Å². The molecule has 5 rings (SSSR count). The third kappa shape index (κ3) is 4.17. The lowest BCUT2D eigenvalue weighted by molar-refractivity contribution is 0.0718. The number of carbonyl (C=O) groups is 1. The first-order valence-corrected chi connectivity index (χ1v) is 13.6. The second kappa shape index (κ2) is 8.75. The number of hydrogen-bond donors (Lipinski definition) is 1. The van der Waals surface area contributed by atoms with Gasteiger partial charge in [-0.2, -0.15) is 4.31 Å². The van der Waals surface area contributed by atoms with Crippen molar-refractivity contribution in [2.75, 3.05) is 25.0 Å². The molecule has 192 valence electrons. The Morgan fingerprint density at radius 2 is 1.86 bits per heavy atom. The number of piperazine rings is 1. The lowest BCUT2D eigenvalue weighted by Gasteiger charge is -2.43. The first-order valence-electron chi connectivity index (χ1n) is 13.3. The Morgan fingerprint density at radius 3 is 2.47 bits per heavy atom. The van der Waals surface area contributed by atoms with Crippen LogP contribution in [0.5, 0.6) is 0 Å². The maximum atomic E-state index is 13.8. The van der Waals surface area contributed by atoms with Crippen molar-refractivity contribution in [3.8, 4) is 0 Å². The molecule has 1 amide bonds. The number of aromatic amines is 1. The van der Waals surface area contributed by atoms with Crippen LogP contribution in [0.25, 0.3) is 10.9 Å². The molecule has 36 heavy (non-hydrogen) atoms. The van der Waals surface area contributed by atoms with E-state index in [1.54, 1.807) is 37.9 Å². The van der Waals surface area contributed by atoms with Crippen molar-refractivity contribution in [1.82, 2.24) is 14.2 Å². The minimum atomic E-state index is -4.41. The van der Waals surface area contributed by atoms with Gasteiger partial charge in [-0.25, -0.2) is 12.8 Å². The van der Waals surface area contributed by atoms with Gasteiger partial charge in [-0.1, -0.05) is 11.6 Å². The summed E-state index contributed by atoms with van der Waals surface area (Å²) in [5.74, 6) is -0.800. The first kappa shape index (κ1) is 21.5. The number of halogens is 2. The molecule has 2 fully saturated rings. The number of anilines is 1. The molecular formula is C26H30ClFN4O3S. The highest BCUT2D eigenvalue weighted by atomic mass is 35.5. The van der Waals surface area contributed by atoms with Crippen molar-refractivity contribution < 1.29 is 21.7 Å². The number of fused-ring (bicyclic) bond motifs is 3. The molecule has 7 nitrogen and oxygen atoms in total. The summed E-state index contributed by atoms with van der Waals surface area (Å²) in [5.41, 5.74) is 0.431. The van der Waals surface area contributed by atoms with Crippen molar-refractivity contribution >= 4 is 44.1 Å². The first-order chi connectivity index (χ1) is 18.1. The zero-order valence-corrected chi connectivity index (χ0v) is 21.8. The van der Waals surface area contributed by atoms with E-state index in [9.17, 15) is 17.6 Å². The van der Waals surface area contributed by atoms with Crippen LogP contribution in [0, 0.1) is 5.82 Å². The highest BCUT2D eigenvalue weighted by molar-refractivity contribution is 7.89. The van der Waals surface area contributed by atoms with Crippen LogP contribution in [0.15, 0.2) is 47.5 Å². The summed E-state index contributed by atoms with van der Waals surface area (Å²) in [4.78, 5) is 20.2. The number of aromatic nitrogens is 1. The van der Waals surface area contributed by atoms with Gasteiger partial charge in [-0.15, -0.1) is 0 Å². The number of sulfonamides is 1. The summed E-state index contributed by atoms with van der Waals surface area (Å²) in [5, 5.41) is 0.694. The largest absolute Gasteiger partial charge is 0.360 e. The highest BCUT2D eigenvalue weighted by Gasteiger charge is 2.43. The fraction of sp³-hybridized carbons (Fsp3) is 0.423. The molecule has 2 bridgehead atoms. The molecule has 2 atom stereocenters. The predicted molar refractivity (Wildman–Crippen MR) is 140 cm³/mol. The van der Waals surface area contributed by atoms with E-state index in [0.29, 0.717) is 28.5 Å². The quantitative estimate of drug-likeness (QED) is 0.517. The molecule has 0 radical (unpaired) electrons. The SMILES string of the molecule is [2H]C([2H])([2H])N(C(C)(C)C)S(=O)(=O)c1cc(N2[C@@H]3CC[C@H]2CN(C(=O)c2ccc(F)cc2Cl)C3)c2[nH]ccc2c1. The second-order valence-corrected chi connectivity index (χ2v) is 12.6. The van der Waals surface area contributed by atoms with E-state index in [0.717, 1.165) is 24.4 Å². The maximum absolute atomic E-state index is 13.8. The van der Waals surface area contributed by atoms with Crippen molar-refractivity contribution in [3.05, 3.63) is 59.0 Å². The van der Waals surface area contributed by atoms with Gasteiger partial charge >= 0.3 is 0 Å². The van der Waals surface area contributed by atoms with Crippen LogP contribution in [0.2, 0.25) is 5.02 Å². The number of rotatable bonds is 4. The van der Waals surface area contributed by atoms with Crippen LogP contribution in [0.4, 0.5) is 10.1 Å². The molecule has 0 spiro atoms. The van der Waals surface area contributed by atoms with E-state index in [4.69, 9.17) is 15.7 Å². The Morgan fingerprint density at radius 1 is 1.17 bits per heavy atom. The summed E-state index contributed by atoms with van der Waals surface area (Å²) in [6, 6.07) is 8.30. The number of amides is 1. The number of nitrogens with zero attached hydrogens (tertiary/aromatic N) is 3. The smallest absolute Gasteiger partial charge is 0.255 e. The number of likely N-dealkylation sites (tertiary alicyclic amines) is 1. The van der Waals surface area contributed by atoms with Crippen LogP contribution in [0.3, 0.4) is 0 Å². The van der Waals surface area contributed by atoms with Gasteiger partial charge in [0.05, 0.1) is 26.7 Å². The molecule has 2 aliphatic rings. The molecule has 10 heteroatoms. The number of H-pyrrole nitrogens is 1. The van der Waals surface area contributed by atoms with Gasteiger partial charge < -0.3 is 14.8 Å². The van der Waals surface area contributed by atoms with E-state index in [1.807, 2.05) is 0 Å². The molecule has 3 heterocycles. The minimum Gasteiger partial charge on any atom is -0.360 e. The number of nitrogens with one attached hydrogen (secondary N) is 1. The molecule has 3 aromatic rings. The summed E-state index contributed by atoms with van der Waals surface area (Å²) in [6.07, 6.45) is 3.29. The summed E-state index contributed by atoms with van der Waals surface area (Å²) in [7, 11) is -4.41. The molecule has 0 unspecified atom stereocenters. The van der Waals surface area contributed by atoms with E-state index in [1.165, 1.54) is 24.3 Å². The number of benzene rings is 2. The van der Waals surface area contributed by atoms with Gasteiger partial charge in [0.25, 0.3) is 5.91 Å². The Kier molecular flexibility index (Phi) is 5.21. The Bertz CT molecular complexity index is 1530. The van der Waals surface area contributed by atoms with Gasteiger partial charge in [-0.3, -0.25) is 4.79 Å². The highest BCUT2D eigenvalue weighted by Crippen LogP contribution is 2.40. The lowest BCUT2D eigenvalue weighted by atomic mass is 10.1. The lowest BCUT2D eigenvalue weighted by Crippen LogP contribution is -2.55. The van der Waals surface area contributed by atoms with E-state index in [-0.39, 0.29) is 33.5 Å². The fourth-order valence-corrected chi connectivity index (χ4v) is 6.96.